The topological polar surface area (TPSA) is 84.6 Å². The van der Waals surface area contributed by atoms with Gasteiger partial charge in [0.1, 0.15) is 0 Å². The number of carbonyl (C=O) groups excluding carboxylic acids is 1. The standard InChI is InChI=1S/C13H15N3O3/c1-8-7-11(5-6-12(8)16(18)19)13(17)15-14-9(2)10-3-4-10/h5-7,10H,3-4H2,1-2H3,(H,15,17). The molecule has 1 aromatic carbocycles. The van der Waals surface area contributed by atoms with Crippen LogP contribution in [0.4, 0.5) is 5.69 Å². The van der Waals surface area contributed by atoms with Crippen LogP contribution in [0.25, 0.3) is 0 Å². The summed E-state index contributed by atoms with van der Waals surface area (Å²) in [5, 5.41) is 14.7. The van der Waals surface area contributed by atoms with Gasteiger partial charge in [0.15, 0.2) is 0 Å². The summed E-state index contributed by atoms with van der Waals surface area (Å²) in [5.74, 6) is 0.150. The summed E-state index contributed by atoms with van der Waals surface area (Å²) >= 11 is 0. The van der Waals surface area contributed by atoms with Gasteiger partial charge in [0.25, 0.3) is 11.6 Å². The van der Waals surface area contributed by atoms with Crippen LogP contribution in [0.1, 0.15) is 35.7 Å². The van der Waals surface area contributed by atoms with E-state index in [1.165, 1.54) is 18.2 Å². The SMILES string of the molecule is CC(=NNC(=O)c1ccc([N+](=O)[O-])c(C)c1)C1CC1. The normalized spacial score (nSPS) is 15.2. The predicted octanol–water partition coefficient (Wildman–Crippen LogP) is 2.42. The molecule has 0 aromatic heterocycles. The van der Waals surface area contributed by atoms with E-state index in [-0.39, 0.29) is 11.6 Å². The Morgan fingerprint density at radius 1 is 1.47 bits per heavy atom. The highest BCUT2D eigenvalue weighted by Crippen LogP contribution is 2.30. The van der Waals surface area contributed by atoms with Crippen molar-refractivity contribution < 1.29 is 9.72 Å². The molecule has 0 atom stereocenters. The number of nitrogens with zero attached hydrogens (tertiary/aromatic N) is 2. The maximum atomic E-state index is 11.8. The number of amides is 1. The fraction of sp³-hybridized carbons (Fsp3) is 0.385. The molecule has 6 heteroatoms. The Morgan fingerprint density at radius 3 is 2.68 bits per heavy atom. The molecule has 1 aliphatic carbocycles. The second-order valence-electron chi connectivity index (χ2n) is 4.73. The fourth-order valence-electron chi connectivity index (χ4n) is 1.80. The maximum absolute atomic E-state index is 11.8. The quantitative estimate of drug-likeness (QED) is 0.513. The summed E-state index contributed by atoms with van der Waals surface area (Å²) in [6.45, 7) is 3.49. The molecule has 2 rings (SSSR count). The van der Waals surface area contributed by atoms with Crippen LogP contribution in [-0.4, -0.2) is 16.5 Å². The van der Waals surface area contributed by atoms with Crippen molar-refractivity contribution in [3.8, 4) is 0 Å². The van der Waals surface area contributed by atoms with Crippen LogP contribution in [0, 0.1) is 23.0 Å². The molecule has 0 unspecified atom stereocenters. The summed E-state index contributed by atoms with van der Waals surface area (Å²) in [7, 11) is 0. The Kier molecular flexibility index (Phi) is 3.59. The van der Waals surface area contributed by atoms with Gasteiger partial charge in [-0.3, -0.25) is 14.9 Å². The second kappa shape index (κ2) is 5.17. The molecule has 1 saturated carbocycles. The van der Waals surface area contributed by atoms with Gasteiger partial charge in [0.05, 0.1) is 4.92 Å². The Labute approximate surface area is 110 Å². The minimum atomic E-state index is -0.466. The van der Waals surface area contributed by atoms with Crippen LogP contribution in [-0.2, 0) is 0 Å². The van der Waals surface area contributed by atoms with Gasteiger partial charge in [-0.25, -0.2) is 5.43 Å². The van der Waals surface area contributed by atoms with Gasteiger partial charge in [-0.2, -0.15) is 5.10 Å². The van der Waals surface area contributed by atoms with E-state index in [4.69, 9.17) is 0 Å². The molecule has 1 N–H and O–H groups in total. The highest BCUT2D eigenvalue weighted by Gasteiger charge is 2.24. The van der Waals surface area contributed by atoms with Gasteiger partial charge in [0.2, 0.25) is 0 Å². The first-order valence-electron chi connectivity index (χ1n) is 6.08. The second-order valence-corrected chi connectivity index (χ2v) is 4.73. The van der Waals surface area contributed by atoms with Crippen LogP contribution < -0.4 is 5.43 Å². The molecule has 0 bridgehead atoms. The first-order valence-corrected chi connectivity index (χ1v) is 6.08. The van der Waals surface area contributed by atoms with Gasteiger partial charge in [-0.1, -0.05) is 0 Å². The minimum Gasteiger partial charge on any atom is -0.267 e. The van der Waals surface area contributed by atoms with Crippen molar-refractivity contribution in [1.82, 2.24) is 5.43 Å². The van der Waals surface area contributed by atoms with E-state index in [0.29, 0.717) is 17.0 Å². The molecule has 19 heavy (non-hydrogen) atoms. The van der Waals surface area contributed by atoms with Gasteiger partial charge in [-0.05, 0) is 44.7 Å². The van der Waals surface area contributed by atoms with Crippen molar-refractivity contribution in [1.29, 1.82) is 0 Å². The maximum Gasteiger partial charge on any atom is 0.272 e. The van der Waals surface area contributed by atoms with Crippen LogP contribution in [0.5, 0.6) is 0 Å². The molecule has 0 radical (unpaired) electrons. The molecule has 0 heterocycles. The number of hydrogen-bond donors (Lipinski definition) is 1. The monoisotopic (exact) mass is 261 g/mol. The Morgan fingerprint density at radius 2 is 2.16 bits per heavy atom. The average molecular weight is 261 g/mol. The Hall–Kier alpha value is -2.24. The molecule has 1 aromatic rings. The lowest BCUT2D eigenvalue weighted by atomic mass is 10.1. The highest BCUT2D eigenvalue weighted by atomic mass is 16.6. The van der Waals surface area contributed by atoms with Crippen molar-refractivity contribution in [3.05, 3.63) is 39.4 Å². The van der Waals surface area contributed by atoms with Crippen molar-refractivity contribution in [2.45, 2.75) is 26.7 Å². The number of rotatable bonds is 4. The van der Waals surface area contributed by atoms with E-state index in [1.54, 1.807) is 6.92 Å². The zero-order chi connectivity index (χ0) is 14.0. The van der Waals surface area contributed by atoms with Crippen molar-refractivity contribution in [3.63, 3.8) is 0 Å². The number of hydrazone groups is 1. The third-order valence-corrected chi connectivity index (χ3v) is 3.16. The van der Waals surface area contributed by atoms with Gasteiger partial charge in [-0.15, -0.1) is 0 Å². The summed E-state index contributed by atoms with van der Waals surface area (Å²) in [6.07, 6.45) is 2.25. The number of hydrogen-bond acceptors (Lipinski definition) is 4. The molecule has 0 saturated heterocycles. The number of benzene rings is 1. The lowest BCUT2D eigenvalue weighted by Crippen LogP contribution is -2.19. The van der Waals surface area contributed by atoms with E-state index >= 15 is 0 Å². The molecular formula is C13H15N3O3. The minimum absolute atomic E-state index is 0.00853. The number of nitrogens with one attached hydrogen (secondary N) is 1. The summed E-state index contributed by atoms with van der Waals surface area (Å²) < 4.78 is 0. The van der Waals surface area contributed by atoms with Crippen LogP contribution in [0.15, 0.2) is 23.3 Å². The Bertz CT molecular complexity index is 562. The Balaban J connectivity index is 2.09. The highest BCUT2D eigenvalue weighted by molar-refractivity contribution is 5.96. The zero-order valence-corrected chi connectivity index (χ0v) is 10.8. The van der Waals surface area contributed by atoms with E-state index < -0.39 is 4.92 Å². The van der Waals surface area contributed by atoms with Gasteiger partial charge in [0, 0.05) is 22.9 Å². The summed E-state index contributed by atoms with van der Waals surface area (Å²) in [5.41, 5.74) is 4.24. The molecule has 1 fully saturated rings. The fourth-order valence-corrected chi connectivity index (χ4v) is 1.80. The smallest absolute Gasteiger partial charge is 0.267 e. The molecule has 0 spiro atoms. The van der Waals surface area contributed by atoms with Crippen LogP contribution in [0.3, 0.4) is 0 Å². The molecular weight excluding hydrogens is 246 g/mol. The number of aryl methyl sites for hydroxylation is 1. The third kappa shape index (κ3) is 3.15. The number of carbonyl (C=O) groups is 1. The summed E-state index contributed by atoms with van der Waals surface area (Å²) in [4.78, 5) is 22.1. The average Bonchev–Trinajstić information content (AvgIpc) is 3.19. The first-order chi connectivity index (χ1) is 8.99. The summed E-state index contributed by atoms with van der Waals surface area (Å²) in [6, 6.07) is 4.26. The lowest BCUT2D eigenvalue weighted by molar-refractivity contribution is -0.385. The molecule has 6 nitrogen and oxygen atoms in total. The third-order valence-electron chi connectivity index (χ3n) is 3.16. The van der Waals surface area contributed by atoms with Crippen LogP contribution in [0.2, 0.25) is 0 Å². The largest absolute Gasteiger partial charge is 0.272 e. The first kappa shape index (κ1) is 13.2. The molecule has 1 aliphatic rings. The van der Waals surface area contributed by atoms with Gasteiger partial charge < -0.3 is 0 Å². The number of nitro groups is 1. The molecule has 1 amide bonds. The van der Waals surface area contributed by atoms with Crippen molar-refractivity contribution >= 4 is 17.3 Å². The van der Waals surface area contributed by atoms with Crippen molar-refractivity contribution in [2.24, 2.45) is 11.0 Å². The lowest BCUT2D eigenvalue weighted by Gasteiger charge is -2.03. The van der Waals surface area contributed by atoms with Crippen molar-refractivity contribution in [2.75, 3.05) is 0 Å². The van der Waals surface area contributed by atoms with Gasteiger partial charge >= 0.3 is 0 Å². The van der Waals surface area contributed by atoms with Crippen LogP contribution >= 0.6 is 0 Å². The molecule has 100 valence electrons. The molecule has 0 aliphatic heterocycles. The van der Waals surface area contributed by atoms with E-state index in [0.717, 1.165) is 18.6 Å². The predicted molar refractivity (Wildman–Crippen MR) is 71.1 cm³/mol. The zero-order valence-electron chi connectivity index (χ0n) is 10.8. The van der Waals surface area contributed by atoms with E-state index in [9.17, 15) is 14.9 Å². The van der Waals surface area contributed by atoms with E-state index in [1.807, 2.05) is 6.92 Å². The van der Waals surface area contributed by atoms with E-state index in [2.05, 4.69) is 10.5 Å². The number of nitro benzene ring substituents is 1.